The van der Waals surface area contributed by atoms with E-state index in [1.54, 1.807) is 27.7 Å². The number of carbonyl (C=O) groups is 1. The SMILES string of the molecule is Cc1ccc2[nH]c(=O)n(C(=S)[C@H](C)NC(=O)OC(C)(C)C)c2c1. The van der Waals surface area contributed by atoms with Crippen molar-refractivity contribution >= 4 is 34.3 Å². The number of carbonyl (C=O) groups excluding carboxylic acids is 1. The molecule has 2 rings (SSSR count). The number of ether oxygens (including phenoxy) is 1. The van der Waals surface area contributed by atoms with E-state index in [0.717, 1.165) is 5.56 Å². The normalized spacial score (nSPS) is 12.9. The lowest BCUT2D eigenvalue weighted by Crippen LogP contribution is -2.44. The minimum absolute atomic E-state index is 0.303. The molecule has 0 saturated carbocycles. The van der Waals surface area contributed by atoms with Crippen LogP contribution in [0.15, 0.2) is 23.0 Å². The maximum atomic E-state index is 12.2. The first-order valence-corrected chi connectivity index (χ1v) is 7.74. The molecule has 1 aromatic heterocycles. The number of hydrogen-bond acceptors (Lipinski definition) is 4. The van der Waals surface area contributed by atoms with Crippen molar-refractivity contribution < 1.29 is 9.53 Å². The number of amides is 1. The Morgan fingerprint density at radius 1 is 1.39 bits per heavy atom. The van der Waals surface area contributed by atoms with Crippen molar-refractivity contribution in [2.45, 2.75) is 46.3 Å². The second kappa shape index (κ2) is 6.16. The van der Waals surface area contributed by atoms with Crippen LogP contribution in [-0.2, 0) is 4.74 Å². The highest BCUT2D eigenvalue weighted by Crippen LogP contribution is 2.13. The Hall–Kier alpha value is -2.15. The monoisotopic (exact) mass is 335 g/mol. The third-order valence-electron chi connectivity index (χ3n) is 3.16. The van der Waals surface area contributed by atoms with Crippen molar-refractivity contribution in [1.29, 1.82) is 0 Å². The molecular formula is C16H21N3O3S. The summed E-state index contributed by atoms with van der Waals surface area (Å²) in [5.41, 5.74) is 1.49. The van der Waals surface area contributed by atoms with E-state index in [9.17, 15) is 9.59 Å². The molecule has 1 atom stereocenters. The van der Waals surface area contributed by atoms with Gasteiger partial charge in [0.05, 0.1) is 17.1 Å². The van der Waals surface area contributed by atoms with Gasteiger partial charge in [-0.1, -0.05) is 18.3 Å². The van der Waals surface area contributed by atoms with E-state index in [0.29, 0.717) is 16.0 Å². The smallest absolute Gasteiger partial charge is 0.408 e. The van der Waals surface area contributed by atoms with Gasteiger partial charge in [0.25, 0.3) is 0 Å². The molecule has 0 aliphatic carbocycles. The molecule has 2 aromatic rings. The van der Waals surface area contributed by atoms with E-state index >= 15 is 0 Å². The van der Waals surface area contributed by atoms with Crippen LogP contribution < -0.4 is 11.0 Å². The fraction of sp³-hybridized carbons (Fsp3) is 0.438. The molecule has 0 aliphatic heterocycles. The fourth-order valence-electron chi connectivity index (χ4n) is 2.17. The molecule has 0 unspecified atom stereocenters. The number of aryl methyl sites for hydroxylation is 1. The number of aromatic amines is 1. The number of H-pyrrole nitrogens is 1. The first kappa shape index (κ1) is 17.2. The molecule has 124 valence electrons. The van der Waals surface area contributed by atoms with Crippen LogP contribution in [0.5, 0.6) is 0 Å². The molecule has 0 bridgehead atoms. The van der Waals surface area contributed by atoms with Gasteiger partial charge in [-0.3, -0.25) is 4.57 Å². The number of hydrogen-bond donors (Lipinski definition) is 2. The van der Waals surface area contributed by atoms with Crippen LogP contribution in [0.1, 0.15) is 33.3 Å². The number of fused-ring (bicyclic) bond motifs is 1. The van der Waals surface area contributed by atoms with Crippen LogP contribution >= 0.6 is 12.2 Å². The molecule has 0 spiro atoms. The maximum absolute atomic E-state index is 12.2. The standard InChI is InChI=1S/C16H21N3O3S/c1-9-6-7-11-12(8-9)19(14(20)18-11)13(23)10(2)17-15(21)22-16(3,4)5/h6-8,10H,1-5H3,(H,17,21)(H,18,20)/t10-/m0/s1. The number of thiocarbonyl (C=S) groups is 1. The number of alkyl carbamates (subject to hydrolysis) is 1. The number of rotatable bonds is 2. The molecule has 0 saturated heterocycles. The summed E-state index contributed by atoms with van der Waals surface area (Å²) in [6.45, 7) is 8.99. The average Bonchev–Trinajstić information content (AvgIpc) is 2.70. The summed E-state index contributed by atoms with van der Waals surface area (Å²) in [7, 11) is 0. The van der Waals surface area contributed by atoms with Crippen LogP contribution in [0.2, 0.25) is 0 Å². The third-order valence-corrected chi connectivity index (χ3v) is 3.70. The first-order valence-electron chi connectivity index (χ1n) is 7.33. The number of imidazole rings is 1. The lowest BCUT2D eigenvalue weighted by atomic mass is 10.2. The zero-order valence-corrected chi connectivity index (χ0v) is 14.7. The molecule has 7 heteroatoms. The maximum Gasteiger partial charge on any atom is 0.408 e. The summed E-state index contributed by atoms with van der Waals surface area (Å²) in [6.07, 6.45) is -0.573. The summed E-state index contributed by atoms with van der Waals surface area (Å²) < 4.78 is 6.61. The Labute approximate surface area is 139 Å². The predicted octanol–water partition coefficient (Wildman–Crippen LogP) is 2.73. The van der Waals surface area contributed by atoms with Crippen molar-refractivity contribution in [1.82, 2.24) is 14.9 Å². The molecule has 0 aliphatic rings. The highest BCUT2D eigenvalue weighted by Gasteiger charge is 2.22. The molecule has 23 heavy (non-hydrogen) atoms. The van der Waals surface area contributed by atoms with Gasteiger partial charge in [0.1, 0.15) is 10.6 Å². The zero-order valence-electron chi connectivity index (χ0n) is 13.9. The summed E-state index contributed by atoms with van der Waals surface area (Å²) in [4.78, 5) is 27.1. The van der Waals surface area contributed by atoms with Gasteiger partial charge in [0, 0.05) is 0 Å². The van der Waals surface area contributed by atoms with E-state index in [4.69, 9.17) is 17.0 Å². The molecule has 0 fully saturated rings. The van der Waals surface area contributed by atoms with Crippen LogP contribution in [0, 0.1) is 6.92 Å². The van der Waals surface area contributed by atoms with E-state index in [1.165, 1.54) is 4.57 Å². The number of nitrogens with zero attached hydrogens (tertiary/aromatic N) is 1. The first-order chi connectivity index (χ1) is 10.6. The van der Waals surface area contributed by atoms with Crippen molar-refractivity contribution in [3.8, 4) is 0 Å². The Bertz CT molecular complexity index is 814. The average molecular weight is 335 g/mol. The van der Waals surface area contributed by atoms with Crippen molar-refractivity contribution in [2.75, 3.05) is 0 Å². The number of benzene rings is 1. The van der Waals surface area contributed by atoms with Crippen LogP contribution in [0.25, 0.3) is 11.0 Å². The quantitative estimate of drug-likeness (QED) is 0.828. The van der Waals surface area contributed by atoms with Crippen LogP contribution in [0.3, 0.4) is 0 Å². The van der Waals surface area contributed by atoms with Gasteiger partial charge >= 0.3 is 11.8 Å². The van der Waals surface area contributed by atoms with Gasteiger partial charge in [0.15, 0.2) is 0 Å². The molecule has 2 N–H and O–H groups in total. The molecule has 1 heterocycles. The molecule has 6 nitrogen and oxygen atoms in total. The summed E-state index contributed by atoms with van der Waals surface area (Å²) in [5, 5.41) is 2.66. The minimum atomic E-state index is -0.597. The Morgan fingerprint density at radius 2 is 2.04 bits per heavy atom. The lowest BCUT2D eigenvalue weighted by molar-refractivity contribution is 0.0521. The highest BCUT2D eigenvalue weighted by atomic mass is 32.1. The largest absolute Gasteiger partial charge is 0.444 e. The van der Waals surface area contributed by atoms with Crippen LogP contribution in [0.4, 0.5) is 4.79 Å². The molecule has 0 radical (unpaired) electrons. The Balaban J connectivity index is 2.27. The second-order valence-corrected chi connectivity index (χ2v) is 6.91. The van der Waals surface area contributed by atoms with Gasteiger partial charge in [0.2, 0.25) is 0 Å². The number of nitrogens with one attached hydrogen (secondary N) is 2. The van der Waals surface area contributed by atoms with Gasteiger partial charge in [-0.05, 0) is 52.3 Å². The third kappa shape index (κ3) is 3.98. The van der Waals surface area contributed by atoms with Crippen molar-refractivity contribution in [3.05, 3.63) is 34.2 Å². The van der Waals surface area contributed by atoms with Gasteiger partial charge in [-0.2, -0.15) is 0 Å². The van der Waals surface area contributed by atoms with E-state index in [1.807, 2.05) is 25.1 Å². The topological polar surface area (TPSA) is 76.1 Å². The Morgan fingerprint density at radius 3 is 2.65 bits per heavy atom. The van der Waals surface area contributed by atoms with Crippen LogP contribution in [-0.4, -0.2) is 32.3 Å². The molecular weight excluding hydrogens is 314 g/mol. The minimum Gasteiger partial charge on any atom is -0.444 e. The second-order valence-electron chi connectivity index (χ2n) is 6.49. The summed E-state index contributed by atoms with van der Waals surface area (Å²) in [6, 6.07) is 5.09. The fourth-order valence-corrected chi connectivity index (χ4v) is 2.41. The molecule has 1 amide bonds. The van der Waals surface area contributed by atoms with Gasteiger partial charge < -0.3 is 15.0 Å². The van der Waals surface area contributed by atoms with Crippen molar-refractivity contribution in [2.24, 2.45) is 0 Å². The van der Waals surface area contributed by atoms with E-state index in [2.05, 4.69) is 10.3 Å². The van der Waals surface area contributed by atoms with E-state index in [-0.39, 0.29) is 5.69 Å². The molecule has 1 aromatic carbocycles. The predicted molar refractivity (Wildman–Crippen MR) is 94.1 cm³/mol. The van der Waals surface area contributed by atoms with E-state index < -0.39 is 17.7 Å². The lowest BCUT2D eigenvalue weighted by Gasteiger charge is -2.22. The Kier molecular flexibility index (Phi) is 4.61. The number of aromatic nitrogens is 2. The van der Waals surface area contributed by atoms with Gasteiger partial charge in [-0.25, -0.2) is 9.59 Å². The van der Waals surface area contributed by atoms with Gasteiger partial charge in [-0.15, -0.1) is 0 Å². The van der Waals surface area contributed by atoms with Crippen molar-refractivity contribution in [3.63, 3.8) is 0 Å². The summed E-state index contributed by atoms with van der Waals surface area (Å²) in [5.74, 6) is 0. The highest BCUT2D eigenvalue weighted by molar-refractivity contribution is 7.80. The summed E-state index contributed by atoms with van der Waals surface area (Å²) >= 11 is 5.39. The zero-order chi connectivity index (χ0) is 17.4.